The monoisotopic (exact) mass is 485 g/mol. The van der Waals surface area contributed by atoms with Crippen LogP contribution in [0.4, 0.5) is 5.69 Å². The van der Waals surface area contributed by atoms with Crippen LogP contribution in [-0.2, 0) is 11.3 Å². The Morgan fingerprint density at radius 1 is 0.972 bits per heavy atom. The van der Waals surface area contributed by atoms with Gasteiger partial charge in [0.2, 0.25) is 5.91 Å². The highest BCUT2D eigenvalue weighted by molar-refractivity contribution is 5.98. The fourth-order valence-corrected chi connectivity index (χ4v) is 5.03. The van der Waals surface area contributed by atoms with E-state index in [0.717, 1.165) is 33.7 Å². The average molecular weight is 486 g/mol. The Kier molecular flexibility index (Phi) is 6.55. The number of nitrogens with zero attached hydrogens (tertiary/aromatic N) is 3. The highest BCUT2D eigenvalue weighted by Gasteiger charge is 2.36. The number of aryl methyl sites for hydroxylation is 2. The number of ether oxygens (including phenoxy) is 3. The maximum atomic E-state index is 13.2. The number of carbonyl (C=O) groups excluding carboxylic acids is 1. The number of para-hydroxylation sites is 3. The van der Waals surface area contributed by atoms with Gasteiger partial charge in [0.1, 0.15) is 29.7 Å². The summed E-state index contributed by atoms with van der Waals surface area (Å²) in [5.41, 5.74) is 4.92. The molecule has 1 fully saturated rings. The van der Waals surface area contributed by atoms with Crippen LogP contribution in [-0.4, -0.2) is 42.8 Å². The van der Waals surface area contributed by atoms with E-state index in [9.17, 15) is 4.79 Å². The molecule has 1 unspecified atom stereocenters. The molecule has 5 rings (SSSR count). The summed E-state index contributed by atoms with van der Waals surface area (Å²) in [7, 11) is 3.22. The molecule has 1 aromatic heterocycles. The second-order valence-electron chi connectivity index (χ2n) is 9.12. The molecule has 4 aromatic rings. The van der Waals surface area contributed by atoms with Crippen molar-refractivity contribution in [3.05, 3.63) is 77.6 Å². The quantitative estimate of drug-likeness (QED) is 0.340. The number of carbonyl (C=O) groups is 1. The Morgan fingerprint density at radius 3 is 2.50 bits per heavy atom. The van der Waals surface area contributed by atoms with Crippen LogP contribution in [0.5, 0.6) is 17.2 Å². The van der Waals surface area contributed by atoms with Crippen LogP contribution in [0.2, 0.25) is 0 Å². The maximum absolute atomic E-state index is 13.2. The minimum atomic E-state index is -0.0546. The molecule has 7 nitrogen and oxygen atoms in total. The molecule has 3 aromatic carbocycles. The highest BCUT2D eigenvalue weighted by atomic mass is 16.5. The first-order valence-corrected chi connectivity index (χ1v) is 12.2. The molecule has 0 radical (unpaired) electrons. The Bertz CT molecular complexity index is 1390. The molecule has 2 heterocycles. The second kappa shape index (κ2) is 9.93. The van der Waals surface area contributed by atoms with Gasteiger partial charge in [-0.15, -0.1) is 0 Å². The summed E-state index contributed by atoms with van der Waals surface area (Å²) in [6.45, 7) is 5.78. The number of rotatable bonds is 8. The molecule has 0 N–H and O–H groups in total. The van der Waals surface area contributed by atoms with Gasteiger partial charge in [-0.25, -0.2) is 4.98 Å². The van der Waals surface area contributed by atoms with Crippen molar-refractivity contribution < 1.29 is 19.0 Å². The average Bonchev–Trinajstić information content (AvgIpc) is 3.45. The van der Waals surface area contributed by atoms with Crippen molar-refractivity contribution in [1.82, 2.24) is 9.55 Å². The molecule has 1 atom stereocenters. The molecule has 0 saturated carbocycles. The van der Waals surface area contributed by atoms with E-state index >= 15 is 0 Å². The maximum Gasteiger partial charge on any atom is 0.227 e. The number of methoxy groups -OCH3 is 2. The van der Waals surface area contributed by atoms with Crippen molar-refractivity contribution in [3.8, 4) is 17.2 Å². The summed E-state index contributed by atoms with van der Waals surface area (Å²) >= 11 is 0. The number of anilines is 1. The van der Waals surface area contributed by atoms with E-state index in [2.05, 4.69) is 36.6 Å². The zero-order valence-corrected chi connectivity index (χ0v) is 21.2. The lowest BCUT2D eigenvalue weighted by Crippen LogP contribution is -2.25. The van der Waals surface area contributed by atoms with E-state index in [4.69, 9.17) is 19.2 Å². The van der Waals surface area contributed by atoms with Crippen LogP contribution >= 0.6 is 0 Å². The van der Waals surface area contributed by atoms with Gasteiger partial charge in [-0.05, 0) is 49.2 Å². The number of imidazole rings is 1. The third-order valence-electron chi connectivity index (χ3n) is 6.82. The first kappa shape index (κ1) is 23.7. The standard InChI is InChI=1S/C29H31N3O4/c1-19-8-7-9-20(2)28(19)36-15-14-31-24-11-6-5-10-23(24)30-29(31)21-16-27(33)32(18-21)25-17-22(34-3)12-13-26(25)35-4/h5-13,17,21H,14-16,18H2,1-4H3. The number of aromatic nitrogens is 2. The van der Waals surface area contributed by atoms with Crippen LogP contribution in [0, 0.1) is 13.8 Å². The summed E-state index contributed by atoms with van der Waals surface area (Å²) in [6, 6.07) is 19.8. The predicted molar refractivity (Wildman–Crippen MR) is 140 cm³/mol. The molecule has 7 heteroatoms. The van der Waals surface area contributed by atoms with Gasteiger partial charge < -0.3 is 23.7 Å². The van der Waals surface area contributed by atoms with Crippen molar-refractivity contribution in [3.63, 3.8) is 0 Å². The largest absolute Gasteiger partial charge is 0.497 e. The number of amides is 1. The zero-order chi connectivity index (χ0) is 25.2. The first-order valence-electron chi connectivity index (χ1n) is 12.2. The fourth-order valence-electron chi connectivity index (χ4n) is 5.03. The summed E-state index contributed by atoms with van der Waals surface area (Å²) in [5, 5.41) is 0. The Balaban J connectivity index is 1.43. The lowest BCUT2D eigenvalue weighted by molar-refractivity contribution is -0.117. The van der Waals surface area contributed by atoms with Gasteiger partial charge in [0.15, 0.2) is 0 Å². The Labute approximate surface area is 211 Å². The van der Waals surface area contributed by atoms with E-state index in [1.54, 1.807) is 19.1 Å². The Morgan fingerprint density at radius 2 is 1.75 bits per heavy atom. The Hall–Kier alpha value is -4.00. The summed E-state index contributed by atoms with van der Waals surface area (Å²) < 4.78 is 19.4. The normalized spacial score (nSPS) is 15.5. The number of fused-ring (bicyclic) bond motifs is 1. The van der Waals surface area contributed by atoms with Crippen LogP contribution in [0.3, 0.4) is 0 Å². The van der Waals surface area contributed by atoms with Crippen LogP contribution in [0.25, 0.3) is 11.0 Å². The molecular weight excluding hydrogens is 454 g/mol. The van der Waals surface area contributed by atoms with E-state index in [1.165, 1.54) is 0 Å². The van der Waals surface area contributed by atoms with E-state index in [0.29, 0.717) is 43.3 Å². The van der Waals surface area contributed by atoms with Crippen LogP contribution < -0.4 is 19.1 Å². The topological polar surface area (TPSA) is 65.8 Å². The number of hydrogen-bond acceptors (Lipinski definition) is 5. The summed E-state index contributed by atoms with van der Waals surface area (Å²) in [4.78, 5) is 19.9. The van der Waals surface area contributed by atoms with Gasteiger partial charge in [0, 0.05) is 24.9 Å². The third kappa shape index (κ3) is 4.37. The SMILES string of the molecule is COc1ccc(OC)c(N2CC(c3nc4ccccc4n3CCOc3c(C)cccc3C)CC2=O)c1. The van der Waals surface area contributed by atoms with Gasteiger partial charge in [-0.3, -0.25) is 4.79 Å². The molecule has 1 aliphatic rings. The highest BCUT2D eigenvalue weighted by Crippen LogP contribution is 2.39. The zero-order valence-electron chi connectivity index (χ0n) is 21.2. The van der Waals surface area contributed by atoms with Gasteiger partial charge in [-0.2, -0.15) is 0 Å². The van der Waals surface area contributed by atoms with E-state index in [1.807, 2.05) is 42.5 Å². The minimum absolute atomic E-state index is 0.0388. The molecular formula is C29H31N3O4. The lowest BCUT2D eigenvalue weighted by Gasteiger charge is -2.20. The molecule has 0 spiro atoms. The second-order valence-corrected chi connectivity index (χ2v) is 9.12. The lowest BCUT2D eigenvalue weighted by atomic mass is 10.1. The van der Waals surface area contributed by atoms with E-state index < -0.39 is 0 Å². The fraction of sp³-hybridized carbons (Fsp3) is 0.310. The van der Waals surface area contributed by atoms with Gasteiger partial charge in [0.25, 0.3) is 0 Å². The number of benzene rings is 3. The van der Waals surface area contributed by atoms with Gasteiger partial charge >= 0.3 is 0 Å². The molecule has 186 valence electrons. The van der Waals surface area contributed by atoms with Gasteiger partial charge in [-0.1, -0.05) is 30.3 Å². The number of hydrogen-bond donors (Lipinski definition) is 0. The summed E-state index contributed by atoms with van der Waals surface area (Å²) in [5.74, 6) is 3.13. The van der Waals surface area contributed by atoms with Gasteiger partial charge in [0.05, 0.1) is 37.5 Å². The predicted octanol–water partition coefficient (Wildman–Crippen LogP) is 5.27. The smallest absolute Gasteiger partial charge is 0.227 e. The first-order chi connectivity index (χ1) is 17.5. The van der Waals surface area contributed by atoms with Crippen molar-refractivity contribution in [2.24, 2.45) is 0 Å². The van der Waals surface area contributed by atoms with E-state index in [-0.39, 0.29) is 11.8 Å². The van der Waals surface area contributed by atoms with Crippen LogP contribution in [0.1, 0.15) is 29.3 Å². The van der Waals surface area contributed by atoms with Crippen LogP contribution in [0.15, 0.2) is 60.7 Å². The molecule has 36 heavy (non-hydrogen) atoms. The summed E-state index contributed by atoms with van der Waals surface area (Å²) in [6.07, 6.45) is 0.376. The van der Waals surface area contributed by atoms with Crippen molar-refractivity contribution in [1.29, 1.82) is 0 Å². The minimum Gasteiger partial charge on any atom is -0.497 e. The molecule has 1 saturated heterocycles. The molecule has 1 amide bonds. The van der Waals surface area contributed by atoms with Crippen molar-refractivity contribution >= 4 is 22.6 Å². The van der Waals surface area contributed by atoms with Crippen molar-refractivity contribution in [2.75, 3.05) is 32.3 Å². The third-order valence-corrected chi connectivity index (χ3v) is 6.82. The molecule has 0 aliphatic carbocycles. The van der Waals surface area contributed by atoms with Crippen molar-refractivity contribution in [2.45, 2.75) is 32.7 Å². The molecule has 1 aliphatic heterocycles. The molecule has 0 bridgehead atoms.